The molecule has 94 valence electrons. The van der Waals surface area contributed by atoms with Gasteiger partial charge < -0.3 is 14.7 Å². The Morgan fingerprint density at radius 2 is 2.50 bits per heavy atom. The van der Waals surface area contributed by atoms with Crippen molar-refractivity contribution < 1.29 is 9.84 Å². The Hall–Kier alpha value is -0.850. The van der Waals surface area contributed by atoms with Crippen LogP contribution < -0.4 is 11.3 Å². The number of hydrogen-bond donors (Lipinski definition) is 3. The zero-order valence-electron chi connectivity index (χ0n) is 9.85. The molecule has 0 aliphatic carbocycles. The third-order valence-electron chi connectivity index (χ3n) is 2.76. The molecule has 0 bridgehead atoms. The number of nitrogens with zero attached hydrogens (tertiary/aromatic N) is 2. The lowest BCUT2D eigenvalue weighted by molar-refractivity contribution is 0.158. The molecule has 1 atom stereocenters. The second kappa shape index (κ2) is 7.43. The van der Waals surface area contributed by atoms with E-state index in [0.29, 0.717) is 25.0 Å². The van der Waals surface area contributed by atoms with Gasteiger partial charge in [0.1, 0.15) is 0 Å². The monoisotopic (exact) mass is 230 g/mol. The molecule has 0 aromatic rings. The number of rotatable bonds is 4. The van der Waals surface area contributed by atoms with Crippen molar-refractivity contribution in [2.75, 3.05) is 40.0 Å². The minimum absolute atomic E-state index is 0.229. The van der Waals surface area contributed by atoms with Gasteiger partial charge in [0.05, 0.1) is 13.2 Å². The molecular weight excluding hydrogens is 208 g/mol. The predicted octanol–water partition coefficient (Wildman–Crippen LogP) is -0.844. The van der Waals surface area contributed by atoms with Crippen LogP contribution in [-0.4, -0.2) is 55.9 Å². The summed E-state index contributed by atoms with van der Waals surface area (Å²) >= 11 is 0. The molecule has 1 aliphatic rings. The first-order valence-electron chi connectivity index (χ1n) is 5.67. The van der Waals surface area contributed by atoms with Crippen molar-refractivity contribution in [3.8, 4) is 0 Å². The standard InChI is InChI=1S/C10H22N4O2/c1-16-6-4-12-10(13-11)14-5-2-3-9(7-14)8-15/h9,15H,2-8,11H2,1H3,(H,12,13). The minimum atomic E-state index is 0.229. The van der Waals surface area contributed by atoms with Crippen molar-refractivity contribution in [1.29, 1.82) is 0 Å². The molecule has 6 nitrogen and oxygen atoms in total. The van der Waals surface area contributed by atoms with Gasteiger partial charge in [0.25, 0.3) is 0 Å². The molecule has 0 aromatic heterocycles. The zero-order valence-corrected chi connectivity index (χ0v) is 9.85. The highest BCUT2D eigenvalue weighted by molar-refractivity contribution is 5.79. The quantitative estimate of drug-likeness (QED) is 0.193. The predicted molar refractivity (Wildman–Crippen MR) is 62.9 cm³/mol. The van der Waals surface area contributed by atoms with Crippen LogP contribution in [0.4, 0.5) is 0 Å². The van der Waals surface area contributed by atoms with Crippen LogP contribution in [0.3, 0.4) is 0 Å². The van der Waals surface area contributed by atoms with Crippen LogP contribution in [0.2, 0.25) is 0 Å². The fourth-order valence-corrected chi connectivity index (χ4v) is 1.89. The lowest BCUT2D eigenvalue weighted by atomic mass is 9.99. The second-order valence-electron chi connectivity index (χ2n) is 3.98. The number of aliphatic hydroxyl groups is 1. The number of nitrogens with one attached hydrogen (secondary N) is 1. The van der Waals surface area contributed by atoms with Crippen LogP contribution in [-0.2, 0) is 4.74 Å². The number of nitrogens with two attached hydrogens (primary N) is 1. The SMILES string of the molecule is COCCN=C(NN)N1CCCC(CO)C1. The van der Waals surface area contributed by atoms with Crippen LogP contribution in [0.25, 0.3) is 0 Å². The first-order valence-corrected chi connectivity index (χ1v) is 5.67. The largest absolute Gasteiger partial charge is 0.396 e. The molecule has 1 rings (SSSR count). The maximum absolute atomic E-state index is 9.14. The smallest absolute Gasteiger partial charge is 0.208 e. The molecule has 1 aliphatic heterocycles. The first kappa shape index (κ1) is 13.2. The number of aliphatic hydroxyl groups excluding tert-OH is 1. The van der Waals surface area contributed by atoms with E-state index < -0.39 is 0 Å². The molecule has 1 heterocycles. The van der Waals surface area contributed by atoms with Crippen molar-refractivity contribution in [3.63, 3.8) is 0 Å². The molecular formula is C10H22N4O2. The van der Waals surface area contributed by atoms with E-state index in [1.54, 1.807) is 7.11 Å². The third kappa shape index (κ3) is 3.96. The molecule has 0 aromatic carbocycles. The Morgan fingerprint density at radius 1 is 1.69 bits per heavy atom. The number of likely N-dealkylation sites (tertiary alicyclic amines) is 1. The number of piperidine rings is 1. The van der Waals surface area contributed by atoms with E-state index in [-0.39, 0.29) is 6.61 Å². The van der Waals surface area contributed by atoms with Gasteiger partial charge in [-0.05, 0) is 18.8 Å². The van der Waals surface area contributed by atoms with Crippen molar-refractivity contribution in [1.82, 2.24) is 10.3 Å². The summed E-state index contributed by atoms with van der Waals surface area (Å²) in [5.74, 6) is 6.47. The topological polar surface area (TPSA) is 83.1 Å². The van der Waals surface area contributed by atoms with Crippen molar-refractivity contribution >= 4 is 5.96 Å². The normalized spacial score (nSPS) is 22.3. The van der Waals surface area contributed by atoms with Gasteiger partial charge in [0.2, 0.25) is 5.96 Å². The second-order valence-corrected chi connectivity index (χ2v) is 3.98. The van der Waals surface area contributed by atoms with Gasteiger partial charge in [0, 0.05) is 26.8 Å². The first-order chi connectivity index (χ1) is 7.81. The Labute approximate surface area is 96.4 Å². The summed E-state index contributed by atoms with van der Waals surface area (Å²) in [4.78, 5) is 6.41. The van der Waals surface area contributed by atoms with Crippen molar-refractivity contribution in [2.24, 2.45) is 16.8 Å². The number of hydrazine groups is 1. The molecule has 0 amide bonds. The lowest BCUT2D eigenvalue weighted by Crippen LogP contribution is -2.49. The zero-order chi connectivity index (χ0) is 11.8. The van der Waals surface area contributed by atoms with E-state index in [2.05, 4.69) is 15.3 Å². The van der Waals surface area contributed by atoms with Gasteiger partial charge in [-0.25, -0.2) is 10.8 Å². The molecule has 1 fully saturated rings. The van der Waals surface area contributed by atoms with E-state index in [9.17, 15) is 0 Å². The van der Waals surface area contributed by atoms with Crippen LogP contribution in [0, 0.1) is 5.92 Å². The maximum atomic E-state index is 9.14. The number of ether oxygens (including phenoxy) is 1. The van der Waals surface area contributed by atoms with Crippen LogP contribution in [0.1, 0.15) is 12.8 Å². The highest BCUT2D eigenvalue weighted by atomic mass is 16.5. The maximum Gasteiger partial charge on any atom is 0.208 e. The van der Waals surface area contributed by atoms with E-state index in [0.717, 1.165) is 25.9 Å². The molecule has 4 N–H and O–H groups in total. The van der Waals surface area contributed by atoms with Gasteiger partial charge in [-0.3, -0.25) is 5.43 Å². The summed E-state index contributed by atoms with van der Waals surface area (Å²) in [6.07, 6.45) is 2.14. The number of guanidine groups is 1. The summed E-state index contributed by atoms with van der Waals surface area (Å²) < 4.78 is 4.93. The van der Waals surface area contributed by atoms with Crippen LogP contribution in [0.15, 0.2) is 4.99 Å². The molecule has 0 radical (unpaired) electrons. The lowest BCUT2D eigenvalue weighted by Gasteiger charge is -2.33. The highest BCUT2D eigenvalue weighted by Crippen LogP contribution is 2.15. The summed E-state index contributed by atoms with van der Waals surface area (Å²) in [6, 6.07) is 0. The summed E-state index contributed by atoms with van der Waals surface area (Å²) in [5, 5.41) is 9.14. The fourth-order valence-electron chi connectivity index (χ4n) is 1.89. The minimum Gasteiger partial charge on any atom is -0.396 e. The van der Waals surface area contributed by atoms with Crippen LogP contribution in [0.5, 0.6) is 0 Å². The molecule has 1 saturated heterocycles. The average molecular weight is 230 g/mol. The van der Waals surface area contributed by atoms with Gasteiger partial charge in [-0.2, -0.15) is 0 Å². The fraction of sp³-hybridized carbons (Fsp3) is 0.900. The Balaban J connectivity index is 2.47. The van der Waals surface area contributed by atoms with Crippen LogP contribution >= 0.6 is 0 Å². The van der Waals surface area contributed by atoms with Gasteiger partial charge >= 0.3 is 0 Å². The Bertz CT molecular complexity index is 223. The number of aliphatic imine (C=N–C) groups is 1. The van der Waals surface area contributed by atoms with E-state index in [4.69, 9.17) is 15.7 Å². The summed E-state index contributed by atoms with van der Waals surface area (Å²) in [6.45, 7) is 3.16. The van der Waals surface area contributed by atoms with Gasteiger partial charge in [-0.15, -0.1) is 0 Å². The Kier molecular flexibility index (Phi) is 6.14. The molecule has 16 heavy (non-hydrogen) atoms. The summed E-state index contributed by atoms with van der Waals surface area (Å²) in [7, 11) is 1.65. The molecule has 1 unspecified atom stereocenters. The highest BCUT2D eigenvalue weighted by Gasteiger charge is 2.21. The molecule has 6 heteroatoms. The van der Waals surface area contributed by atoms with E-state index >= 15 is 0 Å². The van der Waals surface area contributed by atoms with Crippen molar-refractivity contribution in [2.45, 2.75) is 12.8 Å². The van der Waals surface area contributed by atoms with E-state index in [1.807, 2.05) is 0 Å². The summed E-state index contributed by atoms with van der Waals surface area (Å²) in [5.41, 5.74) is 2.61. The third-order valence-corrected chi connectivity index (χ3v) is 2.76. The molecule has 0 saturated carbocycles. The Morgan fingerprint density at radius 3 is 3.12 bits per heavy atom. The number of methoxy groups -OCH3 is 1. The number of hydrogen-bond acceptors (Lipinski definition) is 4. The average Bonchev–Trinajstić information content (AvgIpc) is 2.35. The van der Waals surface area contributed by atoms with Crippen molar-refractivity contribution in [3.05, 3.63) is 0 Å². The van der Waals surface area contributed by atoms with Gasteiger partial charge in [0.15, 0.2) is 0 Å². The van der Waals surface area contributed by atoms with E-state index in [1.165, 1.54) is 0 Å². The van der Waals surface area contributed by atoms with Gasteiger partial charge in [-0.1, -0.05) is 0 Å². The molecule has 0 spiro atoms.